The zero-order chi connectivity index (χ0) is 19.7. The largest absolute Gasteiger partial charge is 0.324 e. The molecule has 0 bridgehead atoms. The Morgan fingerprint density at radius 1 is 1.29 bits per heavy atom. The highest BCUT2D eigenvalue weighted by Gasteiger charge is 2.51. The lowest BCUT2D eigenvalue weighted by atomic mass is 9.65. The summed E-state index contributed by atoms with van der Waals surface area (Å²) in [4.78, 5) is 12.6. The van der Waals surface area contributed by atoms with Crippen LogP contribution in [0.15, 0.2) is 41.4 Å². The summed E-state index contributed by atoms with van der Waals surface area (Å²) in [5.41, 5.74) is 1.84. The summed E-state index contributed by atoms with van der Waals surface area (Å²) in [6, 6.07) is 8.28. The molecule has 1 spiro atoms. The Bertz CT molecular complexity index is 1260. The van der Waals surface area contributed by atoms with E-state index < -0.39 is 15.4 Å². The Balaban J connectivity index is 1.58. The molecule has 144 valence electrons. The summed E-state index contributed by atoms with van der Waals surface area (Å²) < 4.78 is 30.4. The van der Waals surface area contributed by atoms with Gasteiger partial charge < -0.3 is 5.32 Å². The van der Waals surface area contributed by atoms with E-state index in [0.717, 1.165) is 30.3 Å². The smallest absolute Gasteiger partial charge is 0.262 e. The Kier molecular flexibility index (Phi) is 3.57. The number of anilines is 2. The van der Waals surface area contributed by atoms with E-state index in [4.69, 9.17) is 11.6 Å². The molecule has 1 aromatic heterocycles. The SMILES string of the molecule is Cn1ncc2c(S(=O)(=O)Nc3cc(Cl)c4c(c3)C3(CCC3)C(=O)N4)cccc21. The van der Waals surface area contributed by atoms with Gasteiger partial charge in [-0.1, -0.05) is 24.1 Å². The molecular weight excluding hydrogens is 400 g/mol. The van der Waals surface area contributed by atoms with Crippen molar-refractivity contribution < 1.29 is 13.2 Å². The number of hydrogen-bond donors (Lipinski definition) is 2. The maximum Gasteiger partial charge on any atom is 0.262 e. The van der Waals surface area contributed by atoms with E-state index in [0.29, 0.717) is 21.8 Å². The number of carbonyl (C=O) groups is 1. The molecule has 2 heterocycles. The number of aryl methyl sites for hydroxylation is 1. The van der Waals surface area contributed by atoms with Gasteiger partial charge in [-0.2, -0.15) is 5.10 Å². The molecule has 0 unspecified atom stereocenters. The van der Waals surface area contributed by atoms with E-state index in [9.17, 15) is 13.2 Å². The van der Waals surface area contributed by atoms with Crippen LogP contribution in [0.4, 0.5) is 11.4 Å². The monoisotopic (exact) mass is 416 g/mol. The number of fused-ring (bicyclic) bond motifs is 3. The fourth-order valence-electron chi connectivity index (χ4n) is 4.15. The minimum absolute atomic E-state index is 0.0595. The van der Waals surface area contributed by atoms with Crippen molar-refractivity contribution in [2.24, 2.45) is 7.05 Å². The fraction of sp³-hybridized carbons (Fsp3) is 0.263. The molecule has 7 nitrogen and oxygen atoms in total. The number of aromatic nitrogens is 2. The molecule has 2 aromatic carbocycles. The molecule has 1 aliphatic heterocycles. The van der Waals surface area contributed by atoms with Crippen LogP contribution < -0.4 is 10.0 Å². The normalized spacial score (nSPS) is 17.4. The first kappa shape index (κ1) is 17.5. The molecule has 1 amide bonds. The summed E-state index contributed by atoms with van der Waals surface area (Å²) in [5, 5.41) is 7.85. The zero-order valence-corrected chi connectivity index (χ0v) is 16.6. The Hall–Kier alpha value is -2.58. The lowest BCUT2D eigenvalue weighted by Gasteiger charge is -2.36. The number of carbonyl (C=O) groups excluding carboxylic acids is 1. The summed E-state index contributed by atoms with van der Waals surface area (Å²) >= 11 is 6.36. The standard InChI is InChI=1S/C19H17ClN4O3S/c1-24-15-4-2-5-16(12(15)10-21-24)28(26,27)23-11-8-13-17(14(20)9-11)22-18(25)19(13)6-3-7-19/h2,4-5,8-10,23H,3,6-7H2,1H3,(H,22,25). The number of hydrogen-bond acceptors (Lipinski definition) is 4. The van der Waals surface area contributed by atoms with Crippen LogP contribution in [0.1, 0.15) is 24.8 Å². The van der Waals surface area contributed by atoms with Gasteiger partial charge in [0.2, 0.25) is 5.91 Å². The average molecular weight is 417 g/mol. The van der Waals surface area contributed by atoms with Crippen LogP contribution in [0.5, 0.6) is 0 Å². The van der Waals surface area contributed by atoms with E-state index in [1.54, 1.807) is 29.9 Å². The van der Waals surface area contributed by atoms with Crippen LogP contribution >= 0.6 is 11.6 Å². The van der Waals surface area contributed by atoms with Crippen LogP contribution in [0, 0.1) is 0 Å². The number of amides is 1. The van der Waals surface area contributed by atoms with Crippen LogP contribution in [-0.4, -0.2) is 24.1 Å². The minimum Gasteiger partial charge on any atom is -0.324 e. The predicted octanol–water partition coefficient (Wildman–Crippen LogP) is 3.40. The van der Waals surface area contributed by atoms with E-state index in [1.807, 2.05) is 6.07 Å². The molecule has 0 atom stereocenters. The summed E-state index contributed by atoms with van der Waals surface area (Å²) in [6.45, 7) is 0. The van der Waals surface area contributed by atoms with Crippen molar-refractivity contribution in [2.75, 3.05) is 10.0 Å². The van der Waals surface area contributed by atoms with E-state index in [-0.39, 0.29) is 10.8 Å². The van der Waals surface area contributed by atoms with Gasteiger partial charge in [0.1, 0.15) is 0 Å². The molecular formula is C19H17ClN4O3S. The lowest BCUT2D eigenvalue weighted by molar-refractivity contribution is -0.123. The zero-order valence-electron chi connectivity index (χ0n) is 15.0. The van der Waals surface area contributed by atoms with Crippen molar-refractivity contribution in [3.8, 4) is 0 Å². The first-order chi connectivity index (χ1) is 13.3. The summed E-state index contributed by atoms with van der Waals surface area (Å²) in [7, 11) is -2.11. The van der Waals surface area contributed by atoms with Crippen LogP contribution in [0.2, 0.25) is 5.02 Å². The first-order valence-electron chi connectivity index (χ1n) is 8.91. The van der Waals surface area contributed by atoms with E-state index in [2.05, 4.69) is 15.1 Å². The lowest BCUT2D eigenvalue weighted by Crippen LogP contribution is -2.40. The third kappa shape index (κ3) is 2.31. The van der Waals surface area contributed by atoms with Crippen molar-refractivity contribution in [1.29, 1.82) is 0 Å². The maximum absolute atomic E-state index is 13.1. The van der Waals surface area contributed by atoms with Gasteiger partial charge in [0.25, 0.3) is 10.0 Å². The number of nitrogens with one attached hydrogen (secondary N) is 2. The van der Waals surface area contributed by atoms with Crippen molar-refractivity contribution in [1.82, 2.24) is 9.78 Å². The number of sulfonamides is 1. The Morgan fingerprint density at radius 3 is 2.79 bits per heavy atom. The second-order valence-corrected chi connectivity index (χ2v) is 9.39. The van der Waals surface area contributed by atoms with Crippen LogP contribution in [0.25, 0.3) is 10.9 Å². The van der Waals surface area contributed by atoms with Gasteiger partial charge in [0, 0.05) is 12.4 Å². The third-order valence-electron chi connectivity index (χ3n) is 5.78. The molecule has 0 radical (unpaired) electrons. The molecule has 28 heavy (non-hydrogen) atoms. The van der Waals surface area contributed by atoms with Gasteiger partial charge in [-0.05, 0) is 42.7 Å². The molecule has 9 heteroatoms. The van der Waals surface area contributed by atoms with Crippen molar-refractivity contribution in [3.63, 3.8) is 0 Å². The minimum atomic E-state index is -3.87. The highest BCUT2D eigenvalue weighted by atomic mass is 35.5. The second kappa shape index (κ2) is 5.71. The van der Waals surface area contributed by atoms with Gasteiger partial charge >= 0.3 is 0 Å². The third-order valence-corrected chi connectivity index (χ3v) is 7.52. The fourth-order valence-corrected chi connectivity index (χ4v) is 5.66. The Morgan fingerprint density at radius 2 is 2.07 bits per heavy atom. The van der Waals surface area contributed by atoms with Crippen LogP contribution in [0.3, 0.4) is 0 Å². The molecule has 2 N–H and O–H groups in total. The molecule has 1 aliphatic carbocycles. The average Bonchev–Trinajstić information content (AvgIpc) is 3.12. The highest BCUT2D eigenvalue weighted by molar-refractivity contribution is 7.93. The molecule has 0 saturated heterocycles. The van der Waals surface area contributed by atoms with Crippen molar-refractivity contribution >= 4 is 49.8 Å². The molecule has 5 rings (SSSR count). The summed E-state index contributed by atoms with van der Waals surface area (Å²) in [6.07, 6.45) is 3.98. The maximum atomic E-state index is 13.1. The van der Waals surface area contributed by atoms with Gasteiger partial charge in [-0.15, -0.1) is 0 Å². The van der Waals surface area contributed by atoms with Crippen LogP contribution in [-0.2, 0) is 27.3 Å². The molecule has 1 fully saturated rings. The first-order valence-corrected chi connectivity index (χ1v) is 10.8. The number of halogens is 1. The van der Waals surface area contributed by atoms with E-state index >= 15 is 0 Å². The number of benzene rings is 2. The highest BCUT2D eigenvalue weighted by Crippen LogP contribution is 2.53. The van der Waals surface area contributed by atoms with Crippen molar-refractivity contribution in [2.45, 2.75) is 29.6 Å². The van der Waals surface area contributed by atoms with Crippen molar-refractivity contribution in [3.05, 3.63) is 47.1 Å². The molecule has 2 aliphatic rings. The number of nitrogens with zero attached hydrogens (tertiary/aromatic N) is 2. The summed E-state index contributed by atoms with van der Waals surface area (Å²) in [5.74, 6) is -0.0595. The predicted molar refractivity (Wildman–Crippen MR) is 107 cm³/mol. The quantitative estimate of drug-likeness (QED) is 0.684. The van der Waals surface area contributed by atoms with Gasteiger partial charge in [0.05, 0.1) is 38.4 Å². The van der Waals surface area contributed by atoms with Gasteiger partial charge in [0.15, 0.2) is 0 Å². The Labute approximate surface area is 166 Å². The second-order valence-electron chi connectivity index (χ2n) is 7.33. The van der Waals surface area contributed by atoms with E-state index in [1.165, 1.54) is 12.3 Å². The topological polar surface area (TPSA) is 93.1 Å². The molecule has 1 saturated carbocycles. The number of rotatable bonds is 3. The van der Waals surface area contributed by atoms with Gasteiger partial charge in [-0.3, -0.25) is 14.2 Å². The molecule has 3 aromatic rings. The van der Waals surface area contributed by atoms with Gasteiger partial charge in [-0.25, -0.2) is 8.42 Å².